The molecule has 1 N–H and O–H groups in total. The van der Waals surface area contributed by atoms with Crippen LogP contribution in [-0.4, -0.2) is 23.3 Å². The fourth-order valence-electron chi connectivity index (χ4n) is 5.43. The second-order valence-electron chi connectivity index (χ2n) is 8.48. The summed E-state index contributed by atoms with van der Waals surface area (Å²) in [7, 11) is 0. The lowest BCUT2D eigenvalue weighted by Crippen LogP contribution is -2.51. The Kier molecular flexibility index (Phi) is 3.91. The third-order valence-electron chi connectivity index (χ3n) is 6.66. The predicted octanol–water partition coefficient (Wildman–Crippen LogP) is 3.62. The van der Waals surface area contributed by atoms with Crippen LogP contribution in [0, 0.1) is 22.7 Å². The van der Waals surface area contributed by atoms with E-state index in [1.165, 1.54) is 0 Å². The largest absolute Gasteiger partial charge is 0.396 e. The molecule has 0 heterocycles. The average molecular weight is 316 g/mol. The Balaban J connectivity index is 2.10. The van der Waals surface area contributed by atoms with Gasteiger partial charge in [0.25, 0.3) is 0 Å². The van der Waals surface area contributed by atoms with E-state index in [-0.39, 0.29) is 40.8 Å². The molecule has 0 aromatic carbocycles. The lowest BCUT2D eigenvalue weighted by atomic mass is 9.48. The van der Waals surface area contributed by atoms with Crippen LogP contribution >= 0.6 is 0 Å². The zero-order valence-corrected chi connectivity index (χ0v) is 14.7. The summed E-state index contributed by atoms with van der Waals surface area (Å²) in [4.78, 5) is 25.8. The normalized spacial score (nSPS) is 37.7. The second-order valence-corrected chi connectivity index (χ2v) is 8.48. The minimum Gasteiger partial charge on any atom is -0.396 e. The number of ketones is 2. The van der Waals surface area contributed by atoms with Gasteiger partial charge in [-0.15, -0.1) is 0 Å². The quantitative estimate of drug-likeness (QED) is 0.792. The van der Waals surface area contributed by atoms with Crippen LogP contribution in [0.15, 0.2) is 22.8 Å². The van der Waals surface area contributed by atoms with Gasteiger partial charge in [-0.3, -0.25) is 9.59 Å². The van der Waals surface area contributed by atoms with E-state index in [1.54, 1.807) is 6.08 Å². The standard InChI is InChI=1S/C20H28O3/c1-12(2)14-10-15(22)17-13(18(14)23)6-7-16-19(3,11-21)8-5-9-20(16,17)4/h10,12,16,21H,5-9,11H2,1-4H3/t16-,19-,20-/m0/s1. The van der Waals surface area contributed by atoms with Crippen molar-refractivity contribution in [2.24, 2.45) is 22.7 Å². The van der Waals surface area contributed by atoms with E-state index in [0.29, 0.717) is 12.0 Å². The van der Waals surface area contributed by atoms with Gasteiger partial charge >= 0.3 is 0 Å². The molecule has 0 amide bonds. The second kappa shape index (κ2) is 5.41. The molecule has 3 nitrogen and oxygen atoms in total. The highest BCUT2D eigenvalue weighted by molar-refractivity contribution is 6.23. The van der Waals surface area contributed by atoms with Crippen molar-refractivity contribution in [1.82, 2.24) is 0 Å². The summed E-state index contributed by atoms with van der Waals surface area (Å²) in [5.74, 6) is 0.488. The molecule has 1 saturated carbocycles. The zero-order valence-electron chi connectivity index (χ0n) is 14.7. The van der Waals surface area contributed by atoms with Gasteiger partial charge in [-0.1, -0.05) is 34.1 Å². The minimum absolute atomic E-state index is 0.0395. The Morgan fingerprint density at radius 2 is 1.96 bits per heavy atom. The van der Waals surface area contributed by atoms with Crippen molar-refractivity contribution in [3.05, 3.63) is 22.8 Å². The third-order valence-corrected chi connectivity index (χ3v) is 6.66. The maximum Gasteiger partial charge on any atom is 0.185 e. The molecule has 0 aromatic heterocycles. The van der Waals surface area contributed by atoms with Gasteiger partial charge in [0.2, 0.25) is 0 Å². The average Bonchev–Trinajstić information content (AvgIpc) is 2.49. The molecule has 0 radical (unpaired) electrons. The summed E-state index contributed by atoms with van der Waals surface area (Å²) >= 11 is 0. The van der Waals surface area contributed by atoms with Gasteiger partial charge in [0.1, 0.15) is 0 Å². The van der Waals surface area contributed by atoms with E-state index in [0.717, 1.165) is 36.8 Å². The number of aliphatic hydroxyl groups excluding tert-OH is 1. The van der Waals surface area contributed by atoms with Crippen molar-refractivity contribution in [1.29, 1.82) is 0 Å². The number of carbonyl (C=O) groups is 2. The fourth-order valence-corrected chi connectivity index (χ4v) is 5.43. The molecule has 0 saturated heterocycles. The SMILES string of the molecule is CC(C)C1=CC(=O)C2=C(CC[C@H]3[C@](C)(CO)CCC[C@]23C)C1=O. The van der Waals surface area contributed by atoms with Crippen LogP contribution in [0.4, 0.5) is 0 Å². The summed E-state index contributed by atoms with van der Waals surface area (Å²) in [6.07, 6.45) is 6.11. The van der Waals surface area contributed by atoms with Crippen LogP contribution in [0.3, 0.4) is 0 Å². The highest BCUT2D eigenvalue weighted by Crippen LogP contribution is 2.60. The lowest BCUT2D eigenvalue weighted by molar-refractivity contribution is -0.120. The molecule has 3 aliphatic carbocycles. The maximum atomic E-state index is 12.9. The lowest BCUT2D eigenvalue weighted by Gasteiger charge is -2.55. The highest BCUT2D eigenvalue weighted by atomic mass is 16.3. The van der Waals surface area contributed by atoms with E-state index in [4.69, 9.17) is 0 Å². The van der Waals surface area contributed by atoms with Gasteiger partial charge in [-0.2, -0.15) is 0 Å². The fraction of sp³-hybridized carbons (Fsp3) is 0.700. The summed E-state index contributed by atoms with van der Waals surface area (Å²) in [5, 5.41) is 9.95. The van der Waals surface area contributed by atoms with Crippen LogP contribution in [0.1, 0.15) is 59.8 Å². The molecule has 0 aliphatic heterocycles. The summed E-state index contributed by atoms with van der Waals surface area (Å²) in [6.45, 7) is 8.40. The molecule has 126 valence electrons. The Bertz CT molecular complexity index is 625. The molecular formula is C20H28O3. The van der Waals surface area contributed by atoms with Gasteiger partial charge < -0.3 is 5.11 Å². The molecule has 3 rings (SSSR count). The van der Waals surface area contributed by atoms with Crippen molar-refractivity contribution in [2.75, 3.05) is 6.61 Å². The van der Waals surface area contributed by atoms with Crippen LogP contribution in [0.5, 0.6) is 0 Å². The van der Waals surface area contributed by atoms with Crippen LogP contribution in [0.25, 0.3) is 0 Å². The monoisotopic (exact) mass is 316 g/mol. The Morgan fingerprint density at radius 3 is 2.57 bits per heavy atom. The molecule has 3 heteroatoms. The molecule has 23 heavy (non-hydrogen) atoms. The first-order chi connectivity index (χ1) is 10.7. The number of rotatable bonds is 2. The zero-order chi connectivity index (χ0) is 17.0. The van der Waals surface area contributed by atoms with Crippen molar-refractivity contribution in [3.63, 3.8) is 0 Å². The summed E-state index contributed by atoms with van der Waals surface area (Å²) < 4.78 is 0. The van der Waals surface area contributed by atoms with E-state index in [9.17, 15) is 14.7 Å². The molecule has 0 unspecified atom stereocenters. The van der Waals surface area contributed by atoms with Crippen molar-refractivity contribution in [3.8, 4) is 0 Å². The number of hydrogen-bond donors (Lipinski definition) is 1. The van der Waals surface area contributed by atoms with E-state index in [2.05, 4.69) is 13.8 Å². The topological polar surface area (TPSA) is 54.4 Å². The van der Waals surface area contributed by atoms with Crippen LogP contribution in [0.2, 0.25) is 0 Å². The van der Waals surface area contributed by atoms with Crippen LogP contribution in [-0.2, 0) is 9.59 Å². The number of fused-ring (bicyclic) bond motifs is 2. The van der Waals surface area contributed by atoms with Gasteiger partial charge in [0.15, 0.2) is 11.6 Å². The van der Waals surface area contributed by atoms with Crippen molar-refractivity contribution in [2.45, 2.75) is 59.8 Å². The number of aliphatic hydroxyl groups is 1. The van der Waals surface area contributed by atoms with Crippen molar-refractivity contribution < 1.29 is 14.7 Å². The molecule has 3 aliphatic rings. The molecule has 1 fully saturated rings. The first-order valence-corrected chi connectivity index (χ1v) is 8.90. The Labute approximate surface area is 138 Å². The third kappa shape index (κ3) is 2.27. The Hall–Kier alpha value is -1.22. The first kappa shape index (κ1) is 16.6. The highest BCUT2D eigenvalue weighted by Gasteiger charge is 2.55. The van der Waals surface area contributed by atoms with E-state index < -0.39 is 0 Å². The summed E-state index contributed by atoms with van der Waals surface area (Å²) in [6, 6.07) is 0. The maximum absolute atomic E-state index is 12.9. The van der Waals surface area contributed by atoms with Gasteiger partial charge in [0, 0.05) is 28.7 Å². The molecule has 0 spiro atoms. The number of hydrogen-bond acceptors (Lipinski definition) is 3. The molecule has 0 aromatic rings. The van der Waals surface area contributed by atoms with Crippen LogP contribution < -0.4 is 0 Å². The number of allylic oxidation sites excluding steroid dienone is 4. The molecular weight excluding hydrogens is 288 g/mol. The van der Waals surface area contributed by atoms with Crippen molar-refractivity contribution >= 4 is 11.6 Å². The van der Waals surface area contributed by atoms with Gasteiger partial charge in [-0.25, -0.2) is 0 Å². The summed E-state index contributed by atoms with van der Waals surface area (Å²) in [5.41, 5.74) is 1.78. The first-order valence-electron chi connectivity index (χ1n) is 8.90. The Morgan fingerprint density at radius 1 is 1.26 bits per heavy atom. The van der Waals surface area contributed by atoms with Gasteiger partial charge in [-0.05, 0) is 49.0 Å². The molecule has 0 bridgehead atoms. The number of Topliss-reactive ketones (excluding diaryl/α,β-unsaturated/α-hetero) is 1. The van der Waals surface area contributed by atoms with Gasteiger partial charge in [0.05, 0.1) is 0 Å². The van der Waals surface area contributed by atoms with E-state index >= 15 is 0 Å². The number of carbonyl (C=O) groups excluding carboxylic acids is 2. The predicted molar refractivity (Wildman–Crippen MR) is 89.8 cm³/mol. The smallest absolute Gasteiger partial charge is 0.185 e. The molecule has 3 atom stereocenters. The van der Waals surface area contributed by atoms with E-state index in [1.807, 2.05) is 13.8 Å². The minimum atomic E-state index is -0.269.